The molecule has 2 aromatic carbocycles. The lowest BCUT2D eigenvalue weighted by Gasteiger charge is -2.16. The van der Waals surface area contributed by atoms with E-state index in [1.165, 1.54) is 0 Å². The lowest BCUT2D eigenvalue weighted by atomic mass is 10.0. The third kappa shape index (κ3) is 7.02. The quantitative estimate of drug-likeness (QED) is 0.612. The Kier molecular flexibility index (Phi) is 9.76. The van der Waals surface area contributed by atoms with E-state index in [0.717, 1.165) is 5.56 Å². The molecule has 0 aliphatic heterocycles. The van der Waals surface area contributed by atoms with Crippen molar-refractivity contribution in [1.82, 2.24) is 5.32 Å². The van der Waals surface area contributed by atoms with Gasteiger partial charge >= 0.3 is 0 Å². The molecule has 2 rings (SSSR count). The molecule has 0 fully saturated rings. The van der Waals surface area contributed by atoms with Crippen molar-refractivity contribution in [3.05, 3.63) is 64.1 Å². The predicted molar refractivity (Wildman–Crippen MR) is 106 cm³/mol. The molecule has 0 spiro atoms. The largest absolute Gasteiger partial charge is 0.489 e. The van der Waals surface area contributed by atoms with Crippen molar-refractivity contribution >= 4 is 41.5 Å². The van der Waals surface area contributed by atoms with Crippen LogP contribution in [0.4, 0.5) is 0 Å². The van der Waals surface area contributed by atoms with Gasteiger partial charge in [0.2, 0.25) is 5.91 Å². The second-order valence-electron chi connectivity index (χ2n) is 5.54. The Hall–Kier alpha value is -1.50. The number of hydrogen-bond acceptors (Lipinski definition) is 4. The van der Waals surface area contributed by atoms with Crippen molar-refractivity contribution in [1.29, 1.82) is 0 Å². The number of carbonyl (C=O) groups is 1. The molecule has 142 valence electrons. The van der Waals surface area contributed by atoms with Crippen LogP contribution in [0.15, 0.2) is 48.5 Å². The summed E-state index contributed by atoms with van der Waals surface area (Å²) in [5, 5.41) is 13.2. The van der Waals surface area contributed by atoms with Crippen LogP contribution in [-0.4, -0.2) is 30.3 Å². The number of halogens is 3. The highest BCUT2D eigenvalue weighted by atomic mass is 35.5. The molecule has 8 heteroatoms. The van der Waals surface area contributed by atoms with Gasteiger partial charge in [0.15, 0.2) is 0 Å². The van der Waals surface area contributed by atoms with Gasteiger partial charge in [-0.15, -0.1) is 12.4 Å². The monoisotopic (exact) mass is 418 g/mol. The number of benzene rings is 2. The first kappa shape index (κ1) is 22.5. The summed E-state index contributed by atoms with van der Waals surface area (Å²) in [4.78, 5) is 11.9. The van der Waals surface area contributed by atoms with E-state index in [4.69, 9.17) is 33.7 Å². The minimum absolute atomic E-state index is 0. The highest BCUT2D eigenvalue weighted by Crippen LogP contribution is 2.31. The molecule has 5 nitrogen and oxygen atoms in total. The number of aliphatic hydroxyl groups is 1. The van der Waals surface area contributed by atoms with Crippen LogP contribution < -0.4 is 15.8 Å². The van der Waals surface area contributed by atoms with Crippen LogP contribution in [0.1, 0.15) is 18.0 Å². The van der Waals surface area contributed by atoms with Crippen LogP contribution >= 0.6 is 35.6 Å². The highest BCUT2D eigenvalue weighted by Gasteiger charge is 2.14. The molecule has 2 unspecified atom stereocenters. The normalized spacial score (nSPS) is 12.6. The molecule has 2 aromatic rings. The van der Waals surface area contributed by atoms with Gasteiger partial charge in [0.05, 0.1) is 5.02 Å². The molecule has 0 bridgehead atoms. The van der Waals surface area contributed by atoms with Gasteiger partial charge < -0.3 is 20.9 Å². The van der Waals surface area contributed by atoms with Gasteiger partial charge in [-0.05, 0) is 17.7 Å². The number of aliphatic hydroxyl groups excluding tert-OH is 1. The number of ether oxygens (including phenoxy) is 1. The summed E-state index contributed by atoms with van der Waals surface area (Å²) in [6.45, 7) is 0.0314. The average molecular weight is 420 g/mol. The SMILES string of the molecule is Cl.NC(CC(=O)NCC(O)COc1cccc(Cl)c1Cl)c1ccccc1. The number of nitrogens with two attached hydrogens (primary N) is 1. The molecule has 0 heterocycles. The number of amides is 1. The fraction of sp³-hybridized carbons (Fsp3) is 0.278. The van der Waals surface area contributed by atoms with Gasteiger partial charge in [0.25, 0.3) is 0 Å². The molecule has 4 N–H and O–H groups in total. The Morgan fingerprint density at radius 3 is 2.54 bits per heavy atom. The van der Waals surface area contributed by atoms with Crippen molar-refractivity contribution in [3.63, 3.8) is 0 Å². The topological polar surface area (TPSA) is 84.6 Å². The summed E-state index contributed by atoms with van der Waals surface area (Å²) in [5.41, 5.74) is 6.88. The number of nitrogens with one attached hydrogen (secondary N) is 1. The predicted octanol–water partition coefficient (Wildman–Crippen LogP) is 3.36. The molecular formula is C18H21Cl3N2O3. The van der Waals surface area contributed by atoms with E-state index in [-0.39, 0.29) is 49.0 Å². The van der Waals surface area contributed by atoms with Crippen molar-refractivity contribution in [2.24, 2.45) is 5.73 Å². The maximum absolute atomic E-state index is 11.9. The molecule has 1 amide bonds. The van der Waals surface area contributed by atoms with Crippen LogP contribution in [0.3, 0.4) is 0 Å². The van der Waals surface area contributed by atoms with Crippen molar-refractivity contribution in [3.8, 4) is 5.75 Å². The van der Waals surface area contributed by atoms with Gasteiger partial charge in [-0.1, -0.05) is 59.6 Å². The third-order valence-corrected chi connectivity index (χ3v) is 4.32. The van der Waals surface area contributed by atoms with Crippen molar-refractivity contribution in [2.75, 3.05) is 13.2 Å². The molecule has 0 saturated carbocycles. The zero-order valence-electron chi connectivity index (χ0n) is 13.9. The lowest BCUT2D eigenvalue weighted by Crippen LogP contribution is -2.36. The second-order valence-corrected chi connectivity index (χ2v) is 6.33. The first-order valence-electron chi connectivity index (χ1n) is 7.79. The summed E-state index contributed by atoms with van der Waals surface area (Å²) in [7, 11) is 0. The number of rotatable bonds is 8. The molecule has 26 heavy (non-hydrogen) atoms. The van der Waals surface area contributed by atoms with E-state index in [9.17, 15) is 9.90 Å². The number of hydrogen-bond donors (Lipinski definition) is 3. The lowest BCUT2D eigenvalue weighted by molar-refractivity contribution is -0.122. The Morgan fingerprint density at radius 1 is 1.15 bits per heavy atom. The first-order chi connectivity index (χ1) is 12.0. The van der Waals surface area contributed by atoms with Gasteiger partial charge in [-0.2, -0.15) is 0 Å². The zero-order valence-corrected chi connectivity index (χ0v) is 16.2. The van der Waals surface area contributed by atoms with E-state index in [2.05, 4.69) is 5.32 Å². The van der Waals surface area contributed by atoms with Gasteiger partial charge in [0, 0.05) is 19.0 Å². The fourth-order valence-corrected chi connectivity index (χ4v) is 2.51. The minimum Gasteiger partial charge on any atom is -0.489 e. The fourth-order valence-electron chi connectivity index (χ4n) is 2.16. The summed E-state index contributed by atoms with van der Waals surface area (Å²) >= 11 is 11.9. The highest BCUT2D eigenvalue weighted by molar-refractivity contribution is 6.42. The van der Waals surface area contributed by atoms with Crippen molar-refractivity contribution < 1.29 is 14.6 Å². The molecule has 0 aliphatic carbocycles. The van der Waals surface area contributed by atoms with Crippen LogP contribution in [0.5, 0.6) is 5.75 Å². The van der Waals surface area contributed by atoms with E-state index in [1.54, 1.807) is 18.2 Å². The Morgan fingerprint density at radius 2 is 1.85 bits per heavy atom. The molecular weight excluding hydrogens is 399 g/mol. The Labute approximate surface area is 168 Å². The molecule has 2 atom stereocenters. The summed E-state index contributed by atoms with van der Waals surface area (Å²) in [6.07, 6.45) is -0.746. The average Bonchev–Trinajstić information content (AvgIpc) is 2.62. The smallest absolute Gasteiger partial charge is 0.221 e. The molecule has 0 radical (unpaired) electrons. The standard InChI is InChI=1S/C18H20Cl2N2O3.ClH/c19-14-7-4-8-16(18(14)20)25-11-13(23)10-22-17(24)9-15(21)12-5-2-1-3-6-12;/h1-8,13,15,23H,9-11,21H2,(H,22,24);1H. The van der Waals surface area contributed by atoms with E-state index in [1.807, 2.05) is 30.3 Å². The third-order valence-electron chi connectivity index (χ3n) is 3.52. The number of carbonyl (C=O) groups excluding carboxylic acids is 1. The zero-order chi connectivity index (χ0) is 18.2. The van der Waals surface area contributed by atoms with E-state index in [0.29, 0.717) is 10.8 Å². The van der Waals surface area contributed by atoms with Crippen LogP contribution in [0.25, 0.3) is 0 Å². The maximum atomic E-state index is 11.9. The molecule has 0 aliphatic rings. The molecule has 0 saturated heterocycles. The molecule has 0 aromatic heterocycles. The summed E-state index contributed by atoms with van der Waals surface area (Å²) in [5.74, 6) is 0.141. The van der Waals surface area contributed by atoms with Gasteiger partial charge in [-0.3, -0.25) is 4.79 Å². The van der Waals surface area contributed by atoms with Crippen LogP contribution in [0, 0.1) is 0 Å². The van der Waals surface area contributed by atoms with E-state index >= 15 is 0 Å². The van der Waals surface area contributed by atoms with Gasteiger partial charge in [-0.25, -0.2) is 0 Å². The summed E-state index contributed by atoms with van der Waals surface area (Å²) in [6, 6.07) is 14.0. The first-order valence-corrected chi connectivity index (χ1v) is 8.55. The second kappa shape index (κ2) is 11.3. The van der Waals surface area contributed by atoms with Crippen LogP contribution in [-0.2, 0) is 4.79 Å². The Bertz CT molecular complexity index is 701. The summed E-state index contributed by atoms with van der Waals surface area (Å²) < 4.78 is 5.42. The maximum Gasteiger partial charge on any atom is 0.221 e. The minimum atomic E-state index is -0.882. The Balaban J connectivity index is 0.00000338. The van der Waals surface area contributed by atoms with Crippen LogP contribution in [0.2, 0.25) is 10.0 Å². The van der Waals surface area contributed by atoms with Gasteiger partial charge in [0.1, 0.15) is 23.5 Å². The van der Waals surface area contributed by atoms with E-state index < -0.39 is 6.10 Å². The van der Waals surface area contributed by atoms with Crippen molar-refractivity contribution in [2.45, 2.75) is 18.6 Å².